The Hall–Kier alpha value is -3.78. The molecule has 1 amide bonds. The summed E-state index contributed by atoms with van der Waals surface area (Å²) in [7, 11) is 0. The normalized spacial score (nSPS) is 15.0. The maximum atomic E-state index is 12.8. The van der Waals surface area contributed by atoms with Crippen LogP contribution < -0.4 is 25.2 Å². The van der Waals surface area contributed by atoms with Crippen molar-refractivity contribution in [1.29, 1.82) is 0 Å². The molecule has 2 N–H and O–H groups in total. The maximum absolute atomic E-state index is 12.8. The lowest BCUT2D eigenvalue weighted by Crippen LogP contribution is -2.36. The fourth-order valence-electron chi connectivity index (χ4n) is 3.67. The number of pyridine rings is 1. The minimum atomic E-state index is -0.469. The van der Waals surface area contributed by atoms with Crippen molar-refractivity contribution in [2.75, 3.05) is 43.3 Å². The number of rotatable bonds is 4. The van der Waals surface area contributed by atoms with E-state index in [9.17, 15) is 9.59 Å². The molecule has 31 heavy (non-hydrogen) atoms. The Kier molecular flexibility index (Phi) is 5.05. The van der Waals surface area contributed by atoms with Gasteiger partial charge in [0.25, 0.3) is 11.5 Å². The van der Waals surface area contributed by atoms with E-state index in [2.05, 4.69) is 15.2 Å². The predicted octanol–water partition coefficient (Wildman–Crippen LogP) is 2.86. The number of carbonyl (C=O) groups is 1. The first-order valence-electron chi connectivity index (χ1n) is 10.0. The first-order valence-corrected chi connectivity index (χ1v) is 10.0. The monoisotopic (exact) mass is 419 g/mol. The number of aromatic nitrogens is 1. The largest absolute Gasteiger partial charge is 0.454 e. The highest BCUT2D eigenvalue weighted by atomic mass is 16.7. The molecule has 158 valence electrons. The molecule has 0 radical (unpaired) electrons. The van der Waals surface area contributed by atoms with Crippen molar-refractivity contribution in [1.82, 2.24) is 4.98 Å². The van der Waals surface area contributed by atoms with Gasteiger partial charge in [-0.1, -0.05) is 6.07 Å². The lowest BCUT2D eigenvalue weighted by atomic mass is 10.0. The van der Waals surface area contributed by atoms with Crippen LogP contribution in [0.15, 0.2) is 59.5 Å². The summed E-state index contributed by atoms with van der Waals surface area (Å²) in [5.41, 5.74) is 2.79. The molecule has 0 atom stereocenters. The minimum Gasteiger partial charge on any atom is -0.454 e. The third-order valence-corrected chi connectivity index (χ3v) is 5.36. The second-order valence-corrected chi connectivity index (χ2v) is 7.30. The lowest BCUT2D eigenvalue weighted by molar-refractivity contribution is 0.102. The van der Waals surface area contributed by atoms with Gasteiger partial charge in [0.05, 0.1) is 13.2 Å². The number of ether oxygens (including phenoxy) is 3. The molecule has 2 aliphatic heterocycles. The fourth-order valence-corrected chi connectivity index (χ4v) is 3.67. The van der Waals surface area contributed by atoms with E-state index in [4.69, 9.17) is 14.2 Å². The van der Waals surface area contributed by atoms with Gasteiger partial charge in [-0.3, -0.25) is 9.59 Å². The standard InChI is InChI=1S/C23H21N3O5/c27-22-19(11-16(13-24-22)15-1-6-20-21(12-15)31-14-30-20)23(28)25-17-2-4-18(5-3-17)26-7-9-29-10-8-26/h1-6,11-13H,7-10,14H2,(H,24,27)(H,25,28). The van der Waals surface area contributed by atoms with Crippen molar-refractivity contribution >= 4 is 17.3 Å². The van der Waals surface area contributed by atoms with E-state index < -0.39 is 11.5 Å². The van der Waals surface area contributed by atoms with Crippen LogP contribution in [0.25, 0.3) is 11.1 Å². The summed E-state index contributed by atoms with van der Waals surface area (Å²) in [4.78, 5) is 30.0. The third kappa shape index (κ3) is 3.97. The number of carbonyl (C=O) groups excluding carboxylic acids is 1. The van der Waals surface area contributed by atoms with E-state index in [-0.39, 0.29) is 12.4 Å². The molecule has 1 fully saturated rings. The van der Waals surface area contributed by atoms with Crippen LogP contribution in [0.4, 0.5) is 11.4 Å². The summed E-state index contributed by atoms with van der Waals surface area (Å²) in [5.74, 6) is 0.838. The van der Waals surface area contributed by atoms with E-state index in [1.165, 1.54) is 0 Å². The highest BCUT2D eigenvalue weighted by Gasteiger charge is 2.17. The number of H-pyrrole nitrogens is 1. The summed E-state index contributed by atoms with van der Waals surface area (Å²) in [6, 6.07) is 14.6. The molecule has 3 aromatic rings. The highest BCUT2D eigenvalue weighted by Crippen LogP contribution is 2.35. The van der Waals surface area contributed by atoms with Gasteiger partial charge in [-0.15, -0.1) is 0 Å². The number of amides is 1. The topological polar surface area (TPSA) is 92.9 Å². The molecule has 2 aromatic carbocycles. The zero-order valence-electron chi connectivity index (χ0n) is 16.7. The molecule has 8 heteroatoms. The Bertz CT molecular complexity index is 1170. The number of nitrogens with zero attached hydrogens (tertiary/aromatic N) is 1. The van der Waals surface area contributed by atoms with Gasteiger partial charge >= 0.3 is 0 Å². The molecule has 1 saturated heterocycles. The molecule has 8 nitrogen and oxygen atoms in total. The molecule has 3 heterocycles. The number of anilines is 2. The number of benzene rings is 2. The molecular formula is C23H21N3O5. The molecule has 2 aliphatic rings. The van der Waals surface area contributed by atoms with Gasteiger partial charge in [0.15, 0.2) is 11.5 Å². The fraction of sp³-hybridized carbons (Fsp3) is 0.217. The van der Waals surface area contributed by atoms with Gasteiger partial charge < -0.3 is 29.4 Å². The van der Waals surface area contributed by atoms with Gasteiger partial charge in [-0.25, -0.2) is 0 Å². The number of hydrogen-bond acceptors (Lipinski definition) is 6. The molecule has 0 aliphatic carbocycles. The summed E-state index contributed by atoms with van der Waals surface area (Å²) in [5, 5.41) is 2.80. The Balaban J connectivity index is 1.34. The van der Waals surface area contributed by atoms with Gasteiger partial charge in [-0.05, 0) is 53.6 Å². The average molecular weight is 419 g/mol. The van der Waals surface area contributed by atoms with Crippen molar-refractivity contribution in [3.8, 4) is 22.6 Å². The van der Waals surface area contributed by atoms with Crippen molar-refractivity contribution in [3.05, 3.63) is 70.6 Å². The predicted molar refractivity (Wildman–Crippen MR) is 116 cm³/mol. The van der Waals surface area contributed by atoms with E-state index in [0.717, 1.165) is 24.3 Å². The van der Waals surface area contributed by atoms with Crippen LogP contribution in [0.1, 0.15) is 10.4 Å². The van der Waals surface area contributed by atoms with Crippen molar-refractivity contribution in [3.63, 3.8) is 0 Å². The van der Waals surface area contributed by atoms with Crippen LogP contribution in [-0.2, 0) is 4.74 Å². The third-order valence-electron chi connectivity index (χ3n) is 5.36. The second kappa shape index (κ2) is 8.16. The summed E-state index contributed by atoms with van der Waals surface area (Å²) < 4.78 is 16.1. The Morgan fingerprint density at radius 2 is 1.71 bits per heavy atom. The van der Waals surface area contributed by atoms with Crippen molar-refractivity contribution in [2.45, 2.75) is 0 Å². The zero-order valence-corrected chi connectivity index (χ0v) is 16.7. The van der Waals surface area contributed by atoms with Crippen LogP contribution in [0.3, 0.4) is 0 Å². The van der Waals surface area contributed by atoms with Gasteiger partial charge in [0, 0.05) is 30.7 Å². The number of morpholine rings is 1. The number of hydrogen-bond donors (Lipinski definition) is 2. The Morgan fingerprint density at radius 3 is 2.52 bits per heavy atom. The first kappa shape index (κ1) is 19.2. The van der Waals surface area contributed by atoms with Crippen molar-refractivity contribution < 1.29 is 19.0 Å². The molecule has 0 saturated carbocycles. The van der Waals surface area contributed by atoms with E-state index in [0.29, 0.717) is 36.0 Å². The number of nitrogens with one attached hydrogen (secondary N) is 2. The van der Waals surface area contributed by atoms with E-state index in [1.54, 1.807) is 18.3 Å². The van der Waals surface area contributed by atoms with Crippen LogP contribution in [-0.4, -0.2) is 44.0 Å². The van der Waals surface area contributed by atoms with E-state index >= 15 is 0 Å². The summed E-state index contributed by atoms with van der Waals surface area (Å²) in [6.45, 7) is 3.28. The zero-order chi connectivity index (χ0) is 21.2. The van der Waals surface area contributed by atoms with Gasteiger partial charge in [0.2, 0.25) is 6.79 Å². The molecule has 0 spiro atoms. The smallest absolute Gasteiger partial charge is 0.261 e. The van der Waals surface area contributed by atoms with Crippen molar-refractivity contribution in [2.24, 2.45) is 0 Å². The number of aromatic amines is 1. The van der Waals surface area contributed by atoms with E-state index in [1.807, 2.05) is 36.4 Å². The molecular weight excluding hydrogens is 398 g/mol. The SMILES string of the molecule is O=C(Nc1ccc(N2CCOCC2)cc1)c1cc(-c2ccc3c(c2)OCO3)c[nH]c1=O. The quantitative estimate of drug-likeness (QED) is 0.676. The van der Waals surface area contributed by atoms with Gasteiger partial charge in [-0.2, -0.15) is 0 Å². The van der Waals surface area contributed by atoms with Crippen LogP contribution >= 0.6 is 0 Å². The maximum Gasteiger partial charge on any atom is 0.261 e. The Morgan fingerprint density at radius 1 is 0.935 bits per heavy atom. The molecule has 0 unspecified atom stereocenters. The molecule has 0 bridgehead atoms. The molecule has 1 aromatic heterocycles. The summed E-state index contributed by atoms with van der Waals surface area (Å²) in [6.07, 6.45) is 1.58. The first-order chi connectivity index (χ1) is 15.2. The molecule has 5 rings (SSSR count). The highest BCUT2D eigenvalue weighted by molar-refractivity contribution is 6.04. The summed E-state index contributed by atoms with van der Waals surface area (Å²) >= 11 is 0. The lowest BCUT2D eigenvalue weighted by Gasteiger charge is -2.28. The second-order valence-electron chi connectivity index (χ2n) is 7.30. The van der Waals surface area contributed by atoms with Crippen LogP contribution in [0.5, 0.6) is 11.5 Å². The van der Waals surface area contributed by atoms with Crippen LogP contribution in [0, 0.1) is 0 Å². The number of fused-ring (bicyclic) bond motifs is 1. The van der Waals surface area contributed by atoms with Crippen LogP contribution in [0.2, 0.25) is 0 Å². The Labute approximate surface area is 178 Å². The minimum absolute atomic E-state index is 0.0347. The average Bonchev–Trinajstić information content (AvgIpc) is 3.28. The van der Waals surface area contributed by atoms with Gasteiger partial charge in [0.1, 0.15) is 5.56 Å².